The molecule has 0 saturated carbocycles. The monoisotopic (exact) mass is 488 g/mol. The third kappa shape index (κ3) is 7.29. The average molecular weight is 489 g/mol. The van der Waals surface area contributed by atoms with Gasteiger partial charge in [-0.05, 0) is 107 Å². The summed E-state index contributed by atoms with van der Waals surface area (Å²) in [5.41, 5.74) is 6.96. The van der Waals surface area contributed by atoms with Crippen molar-refractivity contribution in [3.8, 4) is 0 Å². The van der Waals surface area contributed by atoms with E-state index in [1.807, 2.05) is 50.4 Å². The smallest absolute Gasteiger partial charge is 0.0305 e. The Balaban J connectivity index is 0.000000970. The Hall–Kier alpha value is -2.42. The second-order valence-corrected chi connectivity index (χ2v) is 9.56. The van der Waals surface area contributed by atoms with E-state index < -0.39 is 0 Å². The number of benzene rings is 1. The molecular weight excluding hydrogens is 448 g/mol. The molecule has 4 rings (SSSR count). The Morgan fingerprint density at radius 2 is 1.76 bits per heavy atom. The van der Waals surface area contributed by atoms with E-state index >= 15 is 0 Å². The van der Waals surface area contributed by atoms with Crippen molar-refractivity contribution in [3.05, 3.63) is 96.2 Å². The first kappa shape index (κ1) is 27.8. The minimum Gasteiger partial charge on any atom is -0.144 e. The summed E-state index contributed by atoms with van der Waals surface area (Å²) in [7, 11) is 0. The lowest BCUT2D eigenvalue weighted by Crippen LogP contribution is -2.25. The van der Waals surface area contributed by atoms with Gasteiger partial charge in [-0.25, -0.2) is 0 Å². The number of aryl methyl sites for hydroxylation is 1. The molecule has 1 aromatic carbocycles. The fraction of sp³-hybridized carbons (Fsp3) is 0.312. The second kappa shape index (κ2) is 14.8. The minimum atomic E-state index is 0.960. The third-order valence-electron chi connectivity index (χ3n) is 5.63. The fourth-order valence-electron chi connectivity index (χ4n) is 3.93. The molecule has 2 heterocycles. The van der Waals surface area contributed by atoms with Gasteiger partial charge in [0.1, 0.15) is 0 Å². The summed E-state index contributed by atoms with van der Waals surface area (Å²) < 4.78 is 0. The van der Waals surface area contributed by atoms with Gasteiger partial charge in [-0.2, -0.15) is 0 Å². The minimum absolute atomic E-state index is 0.960. The number of rotatable bonds is 4. The highest BCUT2D eigenvalue weighted by Crippen LogP contribution is 2.28. The Morgan fingerprint density at radius 1 is 0.971 bits per heavy atom. The lowest BCUT2D eigenvalue weighted by molar-refractivity contribution is 1.21. The lowest BCUT2D eigenvalue weighted by atomic mass is 9.95. The molecule has 0 atom stereocenters. The Bertz CT molecular complexity index is 1230. The molecule has 0 unspecified atom stereocenters. The summed E-state index contributed by atoms with van der Waals surface area (Å²) in [6.07, 6.45) is 16.9. The Labute approximate surface area is 215 Å². The van der Waals surface area contributed by atoms with Crippen LogP contribution in [0.25, 0.3) is 29.4 Å². The first-order valence-electron chi connectivity index (χ1n) is 12.6. The predicted octanol–water partition coefficient (Wildman–Crippen LogP) is 9.29. The van der Waals surface area contributed by atoms with Crippen molar-refractivity contribution in [2.24, 2.45) is 0 Å². The summed E-state index contributed by atoms with van der Waals surface area (Å²) in [6.45, 7) is 14.5. The van der Waals surface area contributed by atoms with Crippen molar-refractivity contribution in [2.45, 2.75) is 67.7 Å². The first-order chi connectivity index (χ1) is 16.7. The van der Waals surface area contributed by atoms with E-state index in [-0.39, 0.29) is 0 Å². The van der Waals surface area contributed by atoms with Crippen molar-refractivity contribution in [2.75, 3.05) is 0 Å². The van der Waals surface area contributed by atoms with Crippen LogP contribution < -0.4 is 10.4 Å². The SMILES string of the molecule is C/C=c1/cc2c(cc1=CC/C(=C\C)c1cccs1)C=CC/C(c1cc(C)cs1)=C\C2.CC.CC. The molecule has 0 amide bonds. The third-order valence-corrected chi connectivity index (χ3v) is 7.70. The highest BCUT2D eigenvalue weighted by Gasteiger charge is 2.08. The van der Waals surface area contributed by atoms with E-state index in [1.165, 1.54) is 48.0 Å². The summed E-state index contributed by atoms with van der Waals surface area (Å²) in [5.74, 6) is 0. The van der Waals surface area contributed by atoms with E-state index in [9.17, 15) is 0 Å². The van der Waals surface area contributed by atoms with Crippen molar-refractivity contribution in [1.29, 1.82) is 0 Å². The molecule has 3 aromatic rings. The molecule has 0 aliphatic heterocycles. The Kier molecular flexibility index (Phi) is 12.1. The molecule has 1 aliphatic carbocycles. The van der Waals surface area contributed by atoms with E-state index in [0.717, 1.165) is 19.3 Å². The predicted molar refractivity (Wildman–Crippen MR) is 160 cm³/mol. The quantitative estimate of drug-likeness (QED) is 0.343. The van der Waals surface area contributed by atoms with Crippen molar-refractivity contribution < 1.29 is 0 Å². The second-order valence-electron chi connectivity index (χ2n) is 7.70. The number of hydrogen-bond acceptors (Lipinski definition) is 2. The van der Waals surface area contributed by atoms with Crippen LogP contribution in [0.15, 0.2) is 59.3 Å². The van der Waals surface area contributed by atoms with Crippen molar-refractivity contribution in [3.63, 3.8) is 0 Å². The summed E-state index contributed by atoms with van der Waals surface area (Å²) >= 11 is 3.67. The van der Waals surface area contributed by atoms with Gasteiger partial charge in [0, 0.05) is 9.75 Å². The number of allylic oxidation sites excluding steroid dienone is 5. The average Bonchev–Trinajstić information content (AvgIpc) is 3.55. The molecule has 1 aliphatic rings. The normalized spacial score (nSPS) is 15.7. The number of fused-ring (bicyclic) bond motifs is 1. The van der Waals surface area contributed by atoms with Crippen LogP contribution in [0.4, 0.5) is 0 Å². The van der Waals surface area contributed by atoms with Crippen LogP contribution >= 0.6 is 22.7 Å². The molecule has 0 N–H and O–H groups in total. The van der Waals surface area contributed by atoms with Crippen LogP contribution in [-0.4, -0.2) is 0 Å². The molecule has 34 heavy (non-hydrogen) atoms. The summed E-state index contributed by atoms with van der Waals surface area (Å²) in [5, 5.41) is 7.05. The van der Waals surface area contributed by atoms with Crippen LogP contribution in [-0.2, 0) is 6.42 Å². The van der Waals surface area contributed by atoms with Gasteiger partial charge in [0.25, 0.3) is 0 Å². The lowest BCUT2D eigenvalue weighted by Gasteiger charge is -2.11. The topological polar surface area (TPSA) is 0 Å². The fourth-order valence-corrected chi connectivity index (χ4v) is 5.70. The standard InChI is InChI=1S/C28H28S2.2C2H6/c1-4-21(27-10-7-15-29-27)11-13-25-18-24-9-6-8-23(28-16-20(3)19-30-28)12-14-26(24)17-22(25)5-2;2*1-2/h4-7,9-10,12-13,15-19H,8,11,14H2,1-3H3;2*1-2H3/b9-6?,21-4+,22-5-,23-12+,25-13?;;. The van der Waals surface area contributed by atoms with Gasteiger partial charge in [-0.15, -0.1) is 22.7 Å². The molecule has 0 radical (unpaired) electrons. The Morgan fingerprint density at radius 3 is 2.38 bits per heavy atom. The maximum absolute atomic E-state index is 2.42. The van der Waals surface area contributed by atoms with Gasteiger partial charge >= 0.3 is 0 Å². The van der Waals surface area contributed by atoms with E-state index in [4.69, 9.17) is 0 Å². The molecule has 180 valence electrons. The van der Waals surface area contributed by atoms with Crippen LogP contribution in [0.5, 0.6) is 0 Å². The molecular formula is C32H40S2. The van der Waals surface area contributed by atoms with Crippen LogP contribution in [0, 0.1) is 6.92 Å². The number of hydrogen-bond donors (Lipinski definition) is 0. The van der Waals surface area contributed by atoms with Crippen LogP contribution in [0.3, 0.4) is 0 Å². The van der Waals surface area contributed by atoms with E-state index in [0.29, 0.717) is 0 Å². The zero-order valence-corrected chi connectivity index (χ0v) is 23.6. The van der Waals surface area contributed by atoms with Gasteiger partial charge in [0.15, 0.2) is 0 Å². The molecule has 2 heteroatoms. The summed E-state index contributed by atoms with van der Waals surface area (Å²) in [6, 6.07) is 11.4. The van der Waals surface area contributed by atoms with Gasteiger partial charge in [0.05, 0.1) is 0 Å². The zero-order valence-electron chi connectivity index (χ0n) is 21.9. The molecule has 0 saturated heterocycles. The maximum atomic E-state index is 2.42. The molecule has 2 aromatic heterocycles. The van der Waals surface area contributed by atoms with Gasteiger partial charge in [-0.1, -0.05) is 76.3 Å². The maximum Gasteiger partial charge on any atom is 0.0305 e. The highest BCUT2D eigenvalue weighted by atomic mass is 32.1. The van der Waals surface area contributed by atoms with Crippen LogP contribution in [0.2, 0.25) is 0 Å². The van der Waals surface area contributed by atoms with Crippen molar-refractivity contribution in [1.82, 2.24) is 0 Å². The van der Waals surface area contributed by atoms with E-state index in [2.05, 4.69) is 98.3 Å². The number of thiophene rings is 2. The largest absolute Gasteiger partial charge is 0.144 e. The molecule has 0 nitrogen and oxygen atoms in total. The molecule has 0 spiro atoms. The van der Waals surface area contributed by atoms with Gasteiger partial charge in [0.2, 0.25) is 0 Å². The highest BCUT2D eigenvalue weighted by molar-refractivity contribution is 7.11. The van der Waals surface area contributed by atoms with Gasteiger partial charge in [-0.3, -0.25) is 0 Å². The van der Waals surface area contributed by atoms with Gasteiger partial charge < -0.3 is 0 Å². The summed E-state index contributed by atoms with van der Waals surface area (Å²) in [4.78, 5) is 2.77. The molecule has 0 bridgehead atoms. The van der Waals surface area contributed by atoms with Crippen LogP contribution in [0.1, 0.15) is 80.8 Å². The molecule has 0 fully saturated rings. The first-order valence-corrected chi connectivity index (χ1v) is 14.3. The van der Waals surface area contributed by atoms with Crippen molar-refractivity contribution >= 4 is 52.0 Å². The zero-order chi connectivity index (χ0) is 24.9. The van der Waals surface area contributed by atoms with E-state index in [1.54, 1.807) is 0 Å².